The van der Waals surface area contributed by atoms with E-state index in [4.69, 9.17) is 18.7 Å². The minimum absolute atomic E-state index is 0.258. The maximum absolute atomic E-state index is 12.0. The molecular formula is C18H20N2O6. The van der Waals surface area contributed by atoms with E-state index in [1.165, 1.54) is 26.2 Å². The number of esters is 1. The summed E-state index contributed by atoms with van der Waals surface area (Å²) in [4.78, 5) is 23.9. The van der Waals surface area contributed by atoms with Crippen LogP contribution >= 0.6 is 0 Å². The van der Waals surface area contributed by atoms with Crippen molar-refractivity contribution in [2.75, 3.05) is 19.5 Å². The first-order valence-corrected chi connectivity index (χ1v) is 7.78. The van der Waals surface area contributed by atoms with Crippen LogP contribution in [0.2, 0.25) is 0 Å². The summed E-state index contributed by atoms with van der Waals surface area (Å²) in [6.07, 6.45) is 1.75. The number of carbonyl (C=O) groups is 2. The van der Waals surface area contributed by atoms with Gasteiger partial charge >= 0.3 is 5.97 Å². The van der Waals surface area contributed by atoms with Crippen molar-refractivity contribution in [1.29, 1.82) is 0 Å². The third-order valence-corrected chi connectivity index (χ3v) is 3.38. The van der Waals surface area contributed by atoms with Gasteiger partial charge in [0.2, 0.25) is 0 Å². The first-order chi connectivity index (χ1) is 12.4. The summed E-state index contributed by atoms with van der Waals surface area (Å²) in [5.41, 5.74) is 0.667. The van der Waals surface area contributed by atoms with E-state index in [1.54, 1.807) is 38.3 Å². The molecule has 8 heteroatoms. The molecule has 1 atom stereocenters. The highest BCUT2D eigenvalue weighted by Crippen LogP contribution is 2.25. The van der Waals surface area contributed by atoms with Crippen LogP contribution in [0.3, 0.4) is 0 Å². The van der Waals surface area contributed by atoms with E-state index in [-0.39, 0.29) is 5.82 Å². The summed E-state index contributed by atoms with van der Waals surface area (Å²) >= 11 is 0. The molecule has 1 aromatic heterocycles. The predicted molar refractivity (Wildman–Crippen MR) is 94.0 cm³/mol. The van der Waals surface area contributed by atoms with Crippen LogP contribution in [-0.2, 0) is 14.3 Å². The van der Waals surface area contributed by atoms with E-state index in [0.29, 0.717) is 22.8 Å². The molecule has 2 rings (SSSR count). The van der Waals surface area contributed by atoms with Gasteiger partial charge < -0.3 is 24.1 Å². The van der Waals surface area contributed by atoms with Crippen molar-refractivity contribution in [3.05, 3.63) is 41.7 Å². The van der Waals surface area contributed by atoms with Gasteiger partial charge in [0.1, 0.15) is 17.3 Å². The quantitative estimate of drug-likeness (QED) is 0.598. The molecule has 138 valence electrons. The van der Waals surface area contributed by atoms with E-state index < -0.39 is 18.0 Å². The predicted octanol–water partition coefficient (Wildman–Crippen LogP) is 2.58. The molecule has 1 aromatic carbocycles. The van der Waals surface area contributed by atoms with Crippen molar-refractivity contribution >= 4 is 23.8 Å². The highest BCUT2D eigenvalue weighted by molar-refractivity contribution is 5.96. The number of aromatic nitrogens is 1. The molecule has 26 heavy (non-hydrogen) atoms. The van der Waals surface area contributed by atoms with E-state index in [1.807, 2.05) is 0 Å². The molecule has 0 bridgehead atoms. The number of nitrogens with zero attached hydrogens (tertiary/aromatic N) is 1. The van der Waals surface area contributed by atoms with Gasteiger partial charge in [-0.15, -0.1) is 0 Å². The third-order valence-electron chi connectivity index (χ3n) is 3.38. The lowest BCUT2D eigenvalue weighted by atomic mass is 10.1. The zero-order chi connectivity index (χ0) is 19.1. The average molecular weight is 360 g/mol. The van der Waals surface area contributed by atoms with Gasteiger partial charge in [0, 0.05) is 23.8 Å². The molecular weight excluding hydrogens is 340 g/mol. The number of hydrogen-bond donors (Lipinski definition) is 1. The molecule has 1 amide bonds. The molecule has 0 saturated carbocycles. The number of ether oxygens (including phenoxy) is 3. The number of nitrogens with one attached hydrogen (secondary N) is 1. The third kappa shape index (κ3) is 5.10. The molecule has 8 nitrogen and oxygen atoms in total. The monoisotopic (exact) mass is 360 g/mol. The maximum Gasteiger partial charge on any atom is 0.331 e. The molecule has 1 unspecified atom stereocenters. The van der Waals surface area contributed by atoms with Gasteiger partial charge in [-0.25, -0.2) is 4.79 Å². The molecule has 0 spiro atoms. The SMILES string of the molecule is COc1ccc(/C=C/C(=O)OC(C)C(=O)Nc2cc(C)on2)c(OC)c1. The first-order valence-electron chi connectivity index (χ1n) is 7.78. The number of aryl methyl sites for hydroxylation is 1. The van der Waals surface area contributed by atoms with Crippen LogP contribution in [-0.4, -0.2) is 37.4 Å². The first kappa shape index (κ1) is 19.0. The van der Waals surface area contributed by atoms with Gasteiger partial charge in [0.15, 0.2) is 11.9 Å². The summed E-state index contributed by atoms with van der Waals surface area (Å²) in [6, 6.07) is 6.73. The van der Waals surface area contributed by atoms with Crippen LogP contribution in [0, 0.1) is 6.92 Å². The summed E-state index contributed by atoms with van der Waals surface area (Å²) in [7, 11) is 3.07. The van der Waals surface area contributed by atoms with Crippen molar-refractivity contribution in [3.63, 3.8) is 0 Å². The fourth-order valence-corrected chi connectivity index (χ4v) is 2.03. The minimum atomic E-state index is -0.998. The van der Waals surface area contributed by atoms with Crippen molar-refractivity contribution < 1.29 is 28.3 Å². The number of benzene rings is 1. The number of carbonyl (C=O) groups excluding carboxylic acids is 2. The zero-order valence-corrected chi connectivity index (χ0v) is 14.9. The molecule has 0 aliphatic rings. The Labute approximate surface area is 150 Å². The van der Waals surface area contributed by atoms with Crippen LogP contribution in [0.4, 0.5) is 5.82 Å². The highest BCUT2D eigenvalue weighted by atomic mass is 16.5. The number of rotatable bonds is 7. The average Bonchev–Trinajstić information content (AvgIpc) is 3.04. The molecule has 0 saturated heterocycles. The number of hydrogen-bond acceptors (Lipinski definition) is 7. The second kappa shape index (κ2) is 8.70. The molecule has 1 heterocycles. The van der Waals surface area contributed by atoms with Crippen LogP contribution in [0.1, 0.15) is 18.2 Å². The molecule has 0 radical (unpaired) electrons. The Morgan fingerprint density at radius 1 is 1.23 bits per heavy atom. The standard InChI is InChI=1S/C18H20N2O6/c1-11-9-16(20-26-11)19-18(22)12(2)25-17(21)8-6-13-5-7-14(23-3)10-15(13)24-4/h5-10,12H,1-4H3,(H,19,20,22)/b8-6+. The number of anilines is 1. The van der Waals surface area contributed by atoms with Crippen molar-refractivity contribution in [2.45, 2.75) is 20.0 Å². The van der Waals surface area contributed by atoms with Gasteiger partial charge in [0.05, 0.1) is 14.2 Å². The maximum atomic E-state index is 12.0. The highest BCUT2D eigenvalue weighted by Gasteiger charge is 2.18. The Hall–Kier alpha value is -3.29. The lowest BCUT2D eigenvalue weighted by molar-refractivity contribution is -0.148. The number of amides is 1. The zero-order valence-electron chi connectivity index (χ0n) is 14.9. The summed E-state index contributed by atoms with van der Waals surface area (Å²) in [5.74, 6) is 0.815. The van der Waals surface area contributed by atoms with E-state index in [0.717, 1.165) is 0 Å². The summed E-state index contributed by atoms with van der Waals surface area (Å²) in [6.45, 7) is 3.16. The molecule has 1 N–H and O–H groups in total. The van der Waals surface area contributed by atoms with Gasteiger partial charge in [-0.1, -0.05) is 5.16 Å². The fraction of sp³-hybridized carbons (Fsp3) is 0.278. The van der Waals surface area contributed by atoms with Crippen LogP contribution < -0.4 is 14.8 Å². The Balaban J connectivity index is 1.94. The van der Waals surface area contributed by atoms with Gasteiger partial charge in [-0.05, 0) is 32.1 Å². The number of methoxy groups -OCH3 is 2. The van der Waals surface area contributed by atoms with Crippen molar-refractivity contribution in [3.8, 4) is 11.5 Å². The molecule has 0 fully saturated rings. The Kier molecular flexibility index (Phi) is 6.37. The van der Waals surface area contributed by atoms with Crippen LogP contribution in [0.5, 0.6) is 11.5 Å². The minimum Gasteiger partial charge on any atom is -0.497 e. The second-order valence-electron chi connectivity index (χ2n) is 5.33. The smallest absolute Gasteiger partial charge is 0.331 e. The molecule has 2 aromatic rings. The van der Waals surface area contributed by atoms with Gasteiger partial charge in [0.25, 0.3) is 5.91 Å². The normalized spacial score (nSPS) is 11.8. The van der Waals surface area contributed by atoms with Crippen LogP contribution in [0.25, 0.3) is 6.08 Å². The summed E-state index contributed by atoms with van der Waals surface area (Å²) < 4.78 is 20.3. The van der Waals surface area contributed by atoms with Gasteiger partial charge in [-0.3, -0.25) is 4.79 Å². The molecule has 0 aliphatic heterocycles. The second-order valence-corrected chi connectivity index (χ2v) is 5.33. The Bertz CT molecular complexity index is 812. The fourth-order valence-electron chi connectivity index (χ4n) is 2.03. The van der Waals surface area contributed by atoms with Gasteiger partial charge in [-0.2, -0.15) is 0 Å². The lowest BCUT2D eigenvalue weighted by Gasteiger charge is -2.11. The van der Waals surface area contributed by atoms with Crippen molar-refractivity contribution in [1.82, 2.24) is 5.16 Å². The molecule has 0 aliphatic carbocycles. The van der Waals surface area contributed by atoms with E-state index in [9.17, 15) is 9.59 Å². The lowest BCUT2D eigenvalue weighted by Crippen LogP contribution is -2.29. The Morgan fingerprint density at radius 2 is 2.00 bits per heavy atom. The topological polar surface area (TPSA) is 99.9 Å². The van der Waals surface area contributed by atoms with Crippen LogP contribution in [0.15, 0.2) is 34.9 Å². The van der Waals surface area contributed by atoms with Crippen molar-refractivity contribution in [2.24, 2.45) is 0 Å². The Morgan fingerprint density at radius 3 is 2.62 bits per heavy atom. The summed E-state index contributed by atoms with van der Waals surface area (Å²) in [5, 5.41) is 6.13. The van der Waals surface area contributed by atoms with E-state index >= 15 is 0 Å². The van der Waals surface area contributed by atoms with E-state index in [2.05, 4.69) is 10.5 Å². The largest absolute Gasteiger partial charge is 0.497 e.